The molecule has 2 bridgehead atoms. The molecule has 11 heteroatoms. The number of fused-ring (bicyclic) bond motifs is 7. The number of halogens is 1. The van der Waals surface area contributed by atoms with E-state index in [1.165, 1.54) is 23.0 Å². The molecule has 172 valence electrons. The minimum Gasteiger partial charge on any atom is -0.467 e. The molecule has 4 heterocycles. The van der Waals surface area contributed by atoms with Crippen molar-refractivity contribution in [3.63, 3.8) is 0 Å². The van der Waals surface area contributed by atoms with Crippen LogP contribution in [-0.2, 0) is 18.4 Å². The van der Waals surface area contributed by atoms with Gasteiger partial charge in [0.25, 0.3) is 11.8 Å². The highest BCUT2D eigenvalue weighted by Crippen LogP contribution is 2.37. The number of rotatable bonds is 0. The van der Waals surface area contributed by atoms with Crippen molar-refractivity contribution in [2.45, 2.75) is 39.0 Å². The van der Waals surface area contributed by atoms with Gasteiger partial charge in [0, 0.05) is 18.2 Å². The van der Waals surface area contributed by atoms with Gasteiger partial charge in [-0.05, 0) is 39.0 Å². The van der Waals surface area contributed by atoms with Gasteiger partial charge in [-0.25, -0.2) is 14.4 Å². The van der Waals surface area contributed by atoms with Gasteiger partial charge in [0.2, 0.25) is 0 Å². The highest BCUT2D eigenvalue weighted by atomic mass is 19.1. The molecule has 34 heavy (non-hydrogen) atoms. The van der Waals surface area contributed by atoms with E-state index in [1.807, 2.05) is 0 Å². The van der Waals surface area contributed by atoms with E-state index in [0.717, 1.165) is 0 Å². The van der Waals surface area contributed by atoms with E-state index >= 15 is 0 Å². The van der Waals surface area contributed by atoms with Crippen molar-refractivity contribution in [3.05, 3.63) is 52.7 Å². The molecule has 0 aliphatic carbocycles. The van der Waals surface area contributed by atoms with Gasteiger partial charge in [-0.1, -0.05) is 0 Å². The van der Waals surface area contributed by atoms with Crippen LogP contribution in [0.3, 0.4) is 0 Å². The third-order valence-electron chi connectivity index (χ3n) is 6.20. The molecule has 1 amide bonds. The van der Waals surface area contributed by atoms with E-state index in [1.54, 1.807) is 38.8 Å². The number of amidine groups is 1. The molecular weight excluding hydrogens is 439 g/mol. The van der Waals surface area contributed by atoms with Crippen LogP contribution in [-0.4, -0.2) is 41.9 Å². The molecule has 2 N–H and O–H groups in total. The first kappa shape index (κ1) is 21.5. The molecule has 10 nitrogen and oxygen atoms in total. The number of nitriles is 1. The molecule has 3 aromatic rings. The first-order valence-electron chi connectivity index (χ1n) is 10.6. The van der Waals surface area contributed by atoms with Gasteiger partial charge in [0.05, 0.1) is 29.7 Å². The molecule has 1 atom stereocenters. The molecular formula is C23H21FN8O2. The van der Waals surface area contributed by atoms with Crippen LogP contribution in [0, 0.1) is 17.1 Å². The summed E-state index contributed by atoms with van der Waals surface area (Å²) in [5.74, 6) is -0.343. The van der Waals surface area contributed by atoms with Gasteiger partial charge in [0.1, 0.15) is 35.1 Å². The lowest BCUT2D eigenvalue weighted by atomic mass is 9.98. The van der Waals surface area contributed by atoms with E-state index in [0.29, 0.717) is 33.9 Å². The summed E-state index contributed by atoms with van der Waals surface area (Å²) in [6.07, 6.45) is 0.743. The topological polar surface area (TPSA) is 135 Å². The molecule has 2 aliphatic heterocycles. The second kappa shape index (κ2) is 7.34. The number of ether oxygens (including phenoxy) is 1. The van der Waals surface area contributed by atoms with E-state index in [-0.39, 0.29) is 29.8 Å². The van der Waals surface area contributed by atoms with Crippen LogP contribution in [0.4, 0.5) is 10.2 Å². The molecule has 0 saturated heterocycles. The van der Waals surface area contributed by atoms with Crippen LogP contribution in [0.1, 0.15) is 49.4 Å². The van der Waals surface area contributed by atoms with Crippen molar-refractivity contribution in [1.82, 2.24) is 24.6 Å². The van der Waals surface area contributed by atoms with Crippen LogP contribution < -0.4 is 10.5 Å². The first-order valence-corrected chi connectivity index (χ1v) is 10.6. The summed E-state index contributed by atoms with van der Waals surface area (Å²) >= 11 is 0. The standard InChI is InChI=1S/C23H21FN8O2/c1-11-14-7-12(24)5-6-13(14)20-29-22(33)23(2,3)32(20)10-16-18(17(8-25)31(4)30-16)15-9-27-19(26)21(28-15)34-11/h5-7,9,11H,10H2,1-4H3,(H2,26,27)/t11-/m1/s1. The largest absolute Gasteiger partial charge is 0.467 e. The third-order valence-corrected chi connectivity index (χ3v) is 6.20. The van der Waals surface area contributed by atoms with Crippen LogP contribution >= 0.6 is 0 Å². The molecule has 2 aliphatic rings. The van der Waals surface area contributed by atoms with E-state index in [9.17, 15) is 14.4 Å². The zero-order chi connectivity index (χ0) is 24.4. The maximum Gasteiger partial charge on any atom is 0.272 e. The maximum atomic E-state index is 14.3. The van der Waals surface area contributed by atoms with E-state index in [4.69, 9.17) is 10.5 Å². The van der Waals surface area contributed by atoms with Gasteiger partial charge in [-0.3, -0.25) is 9.48 Å². The number of carbonyl (C=O) groups is 1. The SMILES string of the molecule is C[C@H]1Oc2nc(cnc2N)-c2c(nn(C)c2C#N)CN2C(=NC(=O)C2(C)C)c2ccc(F)cc21. The highest BCUT2D eigenvalue weighted by Gasteiger charge is 2.44. The minimum absolute atomic E-state index is 0.0427. The number of anilines is 1. The lowest BCUT2D eigenvalue weighted by Crippen LogP contribution is -2.47. The number of benzene rings is 1. The molecule has 0 unspecified atom stereocenters. The first-order chi connectivity index (χ1) is 16.1. The second-order valence-electron chi connectivity index (χ2n) is 8.73. The molecule has 0 radical (unpaired) electrons. The van der Waals surface area contributed by atoms with Gasteiger partial charge in [0.15, 0.2) is 5.82 Å². The Balaban J connectivity index is 1.83. The number of aryl methyl sites for hydroxylation is 1. The third kappa shape index (κ3) is 3.10. The molecule has 2 aromatic heterocycles. The number of aliphatic imine (C=N–C) groups is 1. The minimum atomic E-state index is -1.01. The fourth-order valence-electron chi connectivity index (χ4n) is 4.28. The molecule has 5 rings (SSSR count). The quantitative estimate of drug-likeness (QED) is 0.541. The van der Waals surface area contributed by atoms with Gasteiger partial charge >= 0.3 is 0 Å². The summed E-state index contributed by atoms with van der Waals surface area (Å²) in [6.45, 7) is 5.39. The van der Waals surface area contributed by atoms with Gasteiger partial charge < -0.3 is 15.4 Å². The summed E-state index contributed by atoms with van der Waals surface area (Å²) < 4.78 is 21.8. The smallest absolute Gasteiger partial charge is 0.272 e. The Morgan fingerprint density at radius 2 is 2.12 bits per heavy atom. The Hall–Kier alpha value is -4.33. The number of aromatic nitrogens is 4. The van der Waals surface area contributed by atoms with Crippen molar-refractivity contribution < 1.29 is 13.9 Å². The Morgan fingerprint density at radius 3 is 2.85 bits per heavy atom. The van der Waals surface area contributed by atoms with E-state index in [2.05, 4.69) is 26.1 Å². The predicted molar refractivity (Wildman–Crippen MR) is 120 cm³/mol. The Labute approximate surface area is 194 Å². The van der Waals surface area contributed by atoms with Crippen LogP contribution in [0.2, 0.25) is 0 Å². The monoisotopic (exact) mass is 460 g/mol. The molecule has 0 fully saturated rings. The predicted octanol–water partition coefficient (Wildman–Crippen LogP) is 2.49. The number of carbonyl (C=O) groups excluding carboxylic acids is 1. The maximum absolute atomic E-state index is 14.3. The Morgan fingerprint density at radius 1 is 1.35 bits per heavy atom. The molecule has 0 saturated carbocycles. The van der Waals surface area contributed by atoms with Crippen LogP contribution in [0.5, 0.6) is 5.88 Å². The average Bonchev–Trinajstić information content (AvgIpc) is 3.22. The Bertz CT molecular complexity index is 1440. The molecule has 0 spiro atoms. The number of hydrogen-bond donors (Lipinski definition) is 1. The summed E-state index contributed by atoms with van der Waals surface area (Å²) in [7, 11) is 1.65. The van der Waals surface area contributed by atoms with Crippen molar-refractivity contribution in [2.75, 3.05) is 5.73 Å². The summed E-state index contributed by atoms with van der Waals surface area (Å²) in [5.41, 5.74) is 7.61. The van der Waals surface area contributed by atoms with Crippen LogP contribution in [0.25, 0.3) is 11.3 Å². The number of amides is 1. The van der Waals surface area contributed by atoms with E-state index < -0.39 is 17.5 Å². The lowest BCUT2D eigenvalue weighted by molar-refractivity contribution is -0.124. The van der Waals surface area contributed by atoms with Crippen molar-refractivity contribution in [2.24, 2.45) is 12.0 Å². The second-order valence-corrected chi connectivity index (χ2v) is 8.73. The van der Waals surface area contributed by atoms with Crippen molar-refractivity contribution in [1.29, 1.82) is 5.26 Å². The summed E-state index contributed by atoms with van der Waals surface area (Å²) in [4.78, 5) is 27.8. The molecule has 1 aromatic carbocycles. The summed E-state index contributed by atoms with van der Waals surface area (Å²) in [6, 6.07) is 6.39. The van der Waals surface area contributed by atoms with Gasteiger partial charge in [-0.15, -0.1) is 0 Å². The summed E-state index contributed by atoms with van der Waals surface area (Å²) in [5, 5.41) is 14.4. The fourth-order valence-corrected chi connectivity index (χ4v) is 4.28. The number of nitrogen functional groups attached to an aromatic ring is 1. The van der Waals surface area contributed by atoms with Gasteiger partial charge in [-0.2, -0.15) is 15.4 Å². The van der Waals surface area contributed by atoms with Crippen molar-refractivity contribution >= 4 is 17.6 Å². The zero-order valence-electron chi connectivity index (χ0n) is 19.0. The van der Waals surface area contributed by atoms with Crippen molar-refractivity contribution in [3.8, 4) is 23.2 Å². The normalized spacial score (nSPS) is 18.5. The lowest BCUT2D eigenvalue weighted by Gasteiger charge is -2.33. The average molecular weight is 460 g/mol. The van der Waals surface area contributed by atoms with Crippen LogP contribution in [0.15, 0.2) is 29.4 Å². The number of hydrogen-bond acceptors (Lipinski definition) is 8. The number of nitrogens with zero attached hydrogens (tertiary/aromatic N) is 7. The number of nitrogens with two attached hydrogens (primary N) is 1. The Kier molecular flexibility index (Phi) is 4.65. The fraction of sp³-hybridized carbons (Fsp3) is 0.304. The zero-order valence-corrected chi connectivity index (χ0v) is 19.0. The highest BCUT2D eigenvalue weighted by molar-refractivity contribution is 6.14.